The standard InChI is InChI=1S/C16H27ClN4O.HI/c1-4-18-15(19-12-16(22)7-5-6-8-16)21(3)11-14-9-13(17)10-20(14)2;/h9-10,22H,4-8,11-12H2,1-3H3,(H,18,19);1H. The molecule has 2 rings (SSSR count). The summed E-state index contributed by atoms with van der Waals surface area (Å²) in [7, 11) is 3.99. The molecular formula is C16H28ClIN4O. The van der Waals surface area contributed by atoms with Crippen LogP contribution in [0.1, 0.15) is 38.3 Å². The second kappa shape index (κ2) is 9.13. The van der Waals surface area contributed by atoms with Gasteiger partial charge in [0.1, 0.15) is 0 Å². The topological polar surface area (TPSA) is 52.8 Å². The second-order valence-electron chi connectivity index (χ2n) is 6.22. The number of halogens is 2. The fraction of sp³-hybridized carbons (Fsp3) is 0.688. The molecule has 0 bridgehead atoms. The molecular weight excluding hydrogens is 427 g/mol. The Morgan fingerprint density at radius 1 is 1.48 bits per heavy atom. The average Bonchev–Trinajstić information content (AvgIpc) is 3.01. The maximum absolute atomic E-state index is 10.5. The van der Waals surface area contributed by atoms with Gasteiger partial charge in [-0.1, -0.05) is 24.4 Å². The molecule has 0 saturated heterocycles. The maximum Gasteiger partial charge on any atom is 0.194 e. The van der Waals surface area contributed by atoms with Gasteiger partial charge in [-0.25, -0.2) is 0 Å². The molecule has 0 amide bonds. The number of aliphatic imine (C=N–C) groups is 1. The lowest BCUT2D eigenvalue weighted by molar-refractivity contribution is 0.0572. The lowest BCUT2D eigenvalue weighted by Crippen LogP contribution is -2.40. The van der Waals surface area contributed by atoms with Gasteiger partial charge in [-0.3, -0.25) is 4.99 Å². The smallest absolute Gasteiger partial charge is 0.194 e. The van der Waals surface area contributed by atoms with Gasteiger partial charge >= 0.3 is 0 Å². The normalized spacial score (nSPS) is 17.0. The van der Waals surface area contributed by atoms with Crippen molar-refractivity contribution in [1.82, 2.24) is 14.8 Å². The van der Waals surface area contributed by atoms with E-state index in [1.807, 2.05) is 37.8 Å². The summed E-state index contributed by atoms with van der Waals surface area (Å²) >= 11 is 6.04. The molecule has 1 aliphatic rings. The van der Waals surface area contributed by atoms with Gasteiger partial charge in [-0.15, -0.1) is 24.0 Å². The van der Waals surface area contributed by atoms with E-state index in [4.69, 9.17) is 11.6 Å². The molecule has 7 heteroatoms. The Labute approximate surface area is 161 Å². The minimum atomic E-state index is -0.615. The summed E-state index contributed by atoms with van der Waals surface area (Å²) in [5.41, 5.74) is 0.508. The lowest BCUT2D eigenvalue weighted by atomic mass is 10.0. The molecule has 1 aromatic heterocycles. The molecule has 0 aromatic carbocycles. The number of nitrogens with zero attached hydrogens (tertiary/aromatic N) is 3. The molecule has 0 unspecified atom stereocenters. The zero-order chi connectivity index (χ0) is 16.2. The molecule has 0 aliphatic heterocycles. The van der Waals surface area contributed by atoms with Crippen LogP contribution in [0.5, 0.6) is 0 Å². The van der Waals surface area contributed by atoms with Crippen LogP contribution in [0.3, 0.4) is 0 Å². The van der Waals surface area contributed by atoms with Crippen molar-refractivity contribution in [1.29, 1.82) is 0 Å². The van der Waals surface area contributed by atoms with Crippen LogP contribution in [-0.4, -0.2) is 46.3 Å². The predicted molar refractivity (Wildman–Crippen MR) is 107 cm³/mol. The number of guanidine groups is 1. The number of aliphatic hydroxyl groups is 1. The first-order chi connectivity index (χ1) is 10.4. The third kappa shape index (κ3) is 5.83. The van der Waals surface area contributed by atoms with Crippen LogP contribution in [0.15, 0.2) is 17.3 Å². The van der Waals surface area contributed by atoms with Crippen LogP contribution >= 0.6 is 35.6 Å². The van der Waals surface area contributed by atoms with E-state index < -0.39 is 5.60 Å². The second-order valence-corrected chi connectivity index (χ2v) is 6.65. The molecule has 132 valence electrons. The van der Waals surface area contributed by atoms with Crippen molar-refractivity contribution in [3.63, 3.8) is 0 Å². The summed E-state index contributed by atoms with van der Waals surface area (Å²) in [4.78, 5) is 6.70. The minimum Gasteiger partial charge on any atom is -0.388 e. The average molecular weight is 455 g/mol. The summed E-state index contributed by atoms with van der Waals surface area (Å²) in [5, 5.41) is 14.5. The lowest BCUT2D eigenvalue weighted by Gasteiger charge is -2.25. The van der Waals surface area contributed by atoms with Gasteiger partial charge in [0.2, 0.25) is 0 Å². The summed E-state index contributed by atoms with van der Waals surface area (Å²) in [5.74, 6) is 0.820. The van der Waals surface area contributed by atoms with Crippen molar-refractivity contribution in [2.75, 3.05) is 20.1 Å². The van der Waals surface area contributed by atoms with Gasteiger partial charge in [0, 0.05) is 32.5 Å². The number of aryl methyl sites for hydroxylation is 1. The first kappa shape index (κ1) is 20.6. The van der Waals surface area contributed by atoms with Gasteiger partial charge in [0.15, 0.2) is 5.96 Å². The van der Waals surface area contributed by atoms with E-state index in [1.54, 1.807) is 0 Å². The van der Waals surface area contributed by atoms with E-state index in [0.29, 0.717) is 13.1 Å². The highest BCUT2D eigenvalue weighted by molar-refractivity contribution is 14.0. The molecule has 5 nitrogen and oxygen atoms in total. The van der Waals surface area contributed by atoms with Crippen LogP contribution in [0, 0.1) is 0 Å². The SMILES string of the molecule is CCNC(=NCC1(O)CCCC1)N(C)Cc1cc(Cl)cn1C.I. The van der Waals surface area contributed by atoms with Crippen LogP contribution in [0.4, 0.5) is 0 Å². The number of hydrogen-bond donors (Lipinski definition) is 2. The Bertz CT molecular complexity index is 526. The van der Waals surface area contributed by atoms with Gasteiger partial charge < -0.3 is 19.9 Å². The van der Waals surface area contributed by atoms with Crippen molar-refractivity contribution in [3.05, 3.63) is 23.0 Å². The predicted octanol–water partition coefficient (Wildman–Crippen LogP) is 3.00. The van der Waals surface area contributed by atoms with E-state index in [1.165, 1.54) is 0 Å². The Morgan fingerprint density at radius 3 is 2.65 bits per heavy atom. The van der Waals surface area contributed by atoms with Crippen molar-refractivity contribution < 1.29 is 5.11 Å². The first-order valence-corrected chi connectivity index (χ1v) is 8.34. The summed E-state index contributed by atoms with van der Waals surface area (Å²) in [6.07, 6.45) is 5.80. The van der Waals surface area contributed by atoms with E-state index in [9.17, 15) is 5.11 Å². The number of hydrogen-bond acceptors (Lipinski definition) is 2. The Kier molecular flexibility index (Phi) is 8.17. The molecule has 1 heterocycles. The fourth-order valence-electron chi connectivity index (χ4n) is 2.92. The molecule has 1 saturated carbocycles. The number of nitrogens with one attached hydrogen (secondary N) is 1. The molecule has 1 fully saturated rings. The van der Waals surface area contributed by atoms with Gasteiger partial charge in [0.05, 0.1) is 23.7 Å². The third-order valence-electron chi connectivity index (χ3n) is 4.23. The monoisotopic (exact) mass is 454 g/mol. The van der Waals surface area contributed by atoms with Crippen LogP contribution < -0.4 is 5.32 Å². The fourth-order valence-corrected chi connectivity index (χ4v) is 3.20. The summed E-state index contributed by atoms with van der Waals surface area (Å²) in [6, 6.07) is 1.96. The summed E-state index contributed by atoms with van der Waals surface area (Å²) < 4.78 is 2.02. The van der Waals surface area contributed by atoms with Gasteiger partial charge in [-0.2, -0.15) is 0 Å². The van der Waals surface area contributed by atoms with Crippen molar-refractivity contribution in [3.8, 4) is 0 Å². The van der Waals surface area contributed by atoms with Crippen LogP contribution in [0.2, 0.25) is 5.02 Å². The first-order valence-electron chi connectivity index (χ1n) is 7.96. The largest absolute Gasteiger partial charge is 0.388 e. The molecule has 0 radical (unpaired) electrons. The number of rotatable bonds is 5. The Hall–Kier alpha value is -0.470. The van der Waals surface area contributed by atoms with Crippen LogP contribution in [0.25, 0.3) is 0 Å². The highest BCUT2D eigenvalue weighted by atomic mass is 127. The van der Waals surface area contributed by atoms with E-state index in [0.717, 1.165) is 48.9 Å². The van der Waals surface area contributed by atoms with Gasteiger partial charge in [-0.05, 0) is 25.8 Å². The highest BCUT2D eigenvalue weighted by Crippen LogP contribution is 2.29. The van der Waals surface area contributed by atoms with E-state index in [2.05, 4.69) is 15.2 Å². The van der Waals surface area contributed by atoms with Crippen molar-refractivity contribution >= 4 is 41.5 Å². The highest BCUT2D eigenvalue weighted by Gasteiger charge is 2.31. The molecule has 1 aromatic rings. The minimum absolute atomic E-state index is 0. The zero-order valence-corrected chi connectivity index (χ0v) is 17.3. The molecule has 0 atom stereocenters. The quantitative estimate of drug-likeness (QED) is 0.409. The maximum atomic E-state index is 10.5. The van der Waals surface area contributed by atoms with E-state index >= 15 is 0 Å². The molecule has 2 N–H and O–H groups in total. The van der Waals surface area contributed by atoms with Crippen molar-refractivity contribution in [2.24, 2.45) is 12.0 Å². The van der Waals surface area contributed by atoms with Gasteiger partial charge in [0.25, 0.3) is 0 Å². The zero-order valence-electron chi connectivity index (χ0n) is 14.2. The van der Waals surface area contributed by atoms with Crippen molar-refractivity contribution in [2.45, 2.75) is 44.8 Å². The Balaban J connectivity index is 0.00000264. The number of aromatic nitrogens is 1. The molecule has 23 heavy (non-hydrogen) atoms. The third-order valence-corrected chi connectivity index (χ3v) is 4.43. The molecule has 1 aliphatic carbocycles. The van der Waals surface area contributed by atoms with Crippen LogP contribution in [-0.2, 0) is 13.6 Å². The summed E-state index contributed by atoms with van der Waals surface area (Å²) in [6.45, 7) is 4.03. The molecule has 0 spiro atoms. The van der Waals surface area contributed by atoms with E-state index in [-0.39, 0.29) is 24.0 Å². The Morgan fingerprint density at radius 2 is 2.13 bits per heavy atom.